The van der Waals surface area contributed by atoms with Gasteiger partial charge in [0.1, 0.15) is 0 Å². The number of fused-ring (bicyclic) bond motifs is 4. The maximum absolute atomic E-state index is 2.33. The minimum atomic E-state index is 1.32. The summed E-state index contributed by atoms with van der Waals surface area (Å²) in [4.78, 5) is 0. The first-order valence-electron chi connectivity index (χ1n) is 7.52. The summed E-state index contributed by atoms with van der Waals surface area (Å²) in [7, 11) is 0. The third-order valence-corrected chi connectivity index (χ3v) is 5.46. The predicted molar refractivity (Wildman–Crippen MR) is 99.1 cm³/mol. The Balaban J connectivity index is 1.95. The van der Waals surface area contributed by atoms with Crippen molar-refractivity contribution in [3.8, 4) is 0 Å². The Morgan fingerprint density at radius 3 is 2.18 bits per heavy atom. The Kier molecular flexibility index (Phi) is 2.39. The summed E-state index contributed by atoms with van der Waals surface area (Å²) in [6.45, 7) is 2.18. The molecule has 0 fully saturated rings. The summed E-state index contributed by atoms with van der Waals surface area (Å²) in [5.41, 5.74) is 1.34. The molecule has 0 spiro atoms. The maximum atomic E-state index is 2.33. The topological polar surface area (TPSA) is 0 Å². The predicted octanol–water partition coefficient (Wildman–Crippen LogP) is 6.67. The number of hydrogen-bond donors (Lipinski definition) is 0. The molecule has 0 aliphatic carbocycles. The van der Waals surface area contributed by atoms with Crippen molar-refractivity contribution in [1.29, 1.82) is 0 Å². The van der Waals surface area contributed by atoms with Gasteiger partial charge in [0.15, 0.2) is 0 Å². The van der Waals surface area contributed by atoms with Crippen molar-refractivity contribution in [2.75, 3.05) is 0 Å². The van der Waals surface area contributed by atoms with Gasteiger partial charge in [0, 0.05) is 4.70 Å². The number of rotatable bonds is 0. The molecule has 0 saturated heterocycles. The highest BCUT2D eigenvalue weighted by Crippen LogP contribution is 2.32. The van der Waals surface area contributed by atoms with Crippen molar-refractivity contribution in [3.05, 3.63) is 71.6 Å². The zero-order valence-corrected chi connectivity index (χ0v) is 13.1. The highest BCUT2D eigenvalue weighted by molar-refractivity contribution is 7.17. The highest BCUT2D eigenvalue weighted by Gasteiger charge is 2.04. The normalized spacial score (nSPS) is 11.9. The van der Waals surface area contributed by atoms with Crippen LogP contribution in [0.25, 0.3) is 42.4 Å². The van der Waals surface area contributed by atoms with E-state index in [0.717, 1.165) is 0 Å². The molecule has 1 heteroatoms. The molecular formula is C21H14S. The molecular weight excluding hydrogens is 284 g/mol. The van der Waals surface area contributed by atoms with E-state index in [1.807, 2.05) is 11.3 Å². The zero-order chi connectivity index (χ0) is 14.7. The van der Waals surface area contributed by atoms with Gasteiger partial charge in [-0.15, -0.1) is 11.3 Å². The Hall–Kier alpha value is -2.38. The lowest BCUT2D eigenvalue weighted by atomic mass is 9.97. The monoisotopic (exact) mass is 298 g/mol. The fraction of sp³-hybridized carbons (Fsp3) is 0.0476. The Morgan fingerprint density at radius 2 is 1.32 bits per heavy atom. The van der Waals surface area contributed by atoms with Crippen molar-refractivity contribution in [1.82, 2.24) is 0 Å². The van der Waals surface area contributed by atoms with Crippen LogP contribution in [0.2, 0.25) is 0 Å². The molecule has 0 saturated carbocycles. The lowest BCUT2D eigenvalue weighted by Gasteiger charge is -2.07. The van der Waals surface area contributed by atoms with E-state index in [-0.39, 0.29) is 0 Å². The molecule has 0 aliphatic heterocycles. The fourth-order valence-electron chi connectivity index (χ4n) is 3.39. The molecule has 5 aromatic rings. The first kappa shape index (κ1) is 12.2. The van der Waals surface area contributed by atoms with Crippen molar-refractivity contribution in [2.24, 2.45) is 0 Å². The molecule has 4 aromatic carbocycles. The van der Waals surface area contributed by atoms with Crippen LogP contribution in [0.5, 0.6) is 0 Å². The van der Waals surface area contributed by atoms with Crippen molar-refractivity contribution < 1.29 is 0 Å². The molecule has 0 aliphatic rings. The minimum Gasteiger partial charge on any atom is -0.144 e. The van der Waals surface area contributed by atoms with Gasteiger partial charge >= 0.3 is 0 Å². The van der Waals surface area contributed by atoms with Gasteiger partial charge in [-0.1, -0.05) is 18.2 Å². The van der Waals surface area contributed by atoms with Crippen LogP contribution in [-0.4, -0.2) is 0 Å². The van der Waals surface area contributed by atoms with Gasteiger partial charge in [-0.2, -0.15) is 0 Å². The molecule has 104 valence electrons. The number of benzene rings is 4. The molecule has 1 aromatic heterocycles. The first-order chi connectivity index (χ1) is 10.8. The average Bonchev–Trinajstić information content (AvgIpc) is 2.96. The van der Waals surface area contributed by atoms with Gasteiger partial charge in [0.25, 0.3) is 0 Å². The molecule has 0 amide bonds. The van der Waals surface area contributed by atoms with Gasteiger partial charge in [0.05, 0.1) is 0 Å². The van der Waals surface area contributed by atoms with Gasteiger partial charge in [-0.05, 0) is 98.0 Å². The maximum Gasteiger partial charge on any atom is 0.0349 e. The highest BCUT2D eigenvalue weighted by atomic mass is 32.1. The zero-order valence-electron chi connectivity index (χ0n) is 12.3. The lowest BCUT2D eigenvalue weighted by Crippen LogP contribution is -1.81. The van der Waals surface area contributed by atoms with E-state index in [1.54, 1.807) is 0 Å². The van der Waals surface area contributed by atoms with Crippen molar-refractivity contribution in [3.63, 3.8) is 0 Å². The molecule has 0 atom stereocenters. The number of thiophene rings is 1. The van der Waals surface area contributed by atoms with Crippen LogP contribution in [0.3, 0.4) is 0 Å². The summed E-state index contributed by atoms with van der Waals surface area (Å²) in [5, 5.41) is 11.5. The fourth-order valence-corrected chi connectivity index (χ4v) is 4.21. The van der Waals surface area contributed by atoms with Crippen LogP contribution in [0, 0.1) is 6.92 Å². The van der Waals surface area contributed by atoms with Crippen LogP contribution in [-0.2, 0) is 0 Å². The van der Waals surface area contributed by atoms with Crippen LogP contribution in [0.4, 0.5) is 0 Å². The summed E-state index contributed by atoms with van der Waals surface area (Å²) >= 11 is 1.81. The van der Waals surface area contributed by atoms with Crippen LogP contribution >= 0.6 is 11.3 Å². The third-order valence-electron chi connectivity index (χ3n) is 4.58. The lowest BCUT2D eigenvalue weighted by molar-refractivity contribution is 1.54. The second-order valence-electron chi connectivity index (χ2n) is 6.01. The van der Waals surface area contributed by atoms with Gasteiger partial charge in [-0.25, -0.2) is 0 Å². The minimum absolute atomic E-state index is 1.32. The Labute approximate surface area is 132 Å². The molecule has 1 heterocycles. The summed E-state index contributed by atoms with van der Waals surface area (Å²) in [5.74, 6) is 0. The van der Waals surface area contributed by atoms with E-state index in [1.165, 1.54) is 48.0 Å². The van der Waals surface area contributed by atoms with Crippen LogP contribution in [0.15, 0.2) is 66.0 Å². The average molecular weight is 298 g/mol. The van der Waals surface area contributed by atoms with E-state index in [9.17, 15) is 0 Å². The van der Waals surface area contributed by atoms with Gasteiger partial charge < -0.3 is 0 Å². The summed E-state index contributed by atoms with van der Waals surface area (Å²) in [6, 6.07) is 22.6. The van der Waals surface area contributed by atoms with Crippen LogP contribution < -0.4 is 0 Å². The smallest absolute Gasteiger partial charge is 0.0349 e. The van der Waals surface area contributed by atoms with Crippen LogP contribution in [0.1, 0.15) is 5.56 Å². The summed E-state index contributed by atoms with van der Waals surface area (Å²) < 4.78 is 1.36. The molecule has 0 nitrogen and oxygen atoms in total. The van der Waals surface area contributed by atoms with Crippen molar-refractivity contribution >= 4 is 53.7 Å². The van der Waals surface area contributed by atoms with Gasteiger partial charge in [-0.3, -0.25) is 0 Å². The van der Waals surface area contributed by atoms with Gasteiger partial charge in [0.2, 0.25) is 0 Å². The van der Waals surface area contributed by atoms with E-state index in [0.29, 0.717) is 0 Å². The Morgan fingerprint density at radius 1 is 0.636 bits per heavy atom. The van der Waals surface area contributed by atoms with E-state index >= 15 is 0 Å². The molecule has 22 heavy (non-hydrogen) atoms. The van der Waals surface area contributed by atoms with E-state index < -0.39 is 0 Å². The summed E-state index contributed by atoms with van der Waals surface area (Å²) in [6.07, 6.45) is 0. The third kappa shape index (κ3) is 1.69. The number of aryl methyl sites for hydroxylation is 1. The standard InChI is InChI=1S/C21H14S/c1-13-3-2-4-14-7-16-9-17-8-15-5-6-22-21(15)12-19(17)10-18(16)11-20(13)14/h2-12H,1H3. The number of hydrogen-bond acceptors (Lipinski definition) is 1. The molecule has 0 unspecified atom stereocenters. The first-order valence-corrected chi connectivity index (χ1v) is 8.40. The molecule has 0 radical (unpaired) electrons. The molecule has 0 N–H and O–H groups in total. The molecule has 0 bridgehead atoms. The van der Waals surface area contributed by atoms with E-state index in [4.69, 9.17) is 0 Å². The molecule has 5 rings (SSSR count). The second-order valence-corrected chi connectivity index (χ2v) is 6.95. The largest absolute Gasteiger partial charge is 0.144 e. The second kappa shape index (κ2) is 4.31. The van der Waals surface area contributed by atoms with E-state index in [2.05, 4.69) is 73.0 Å². The van der Waals surface area contributed by atoms with Crippen molar-refractivity contribution in [2.45, 2.75) is 6.92 Å². The SMILES string of the molecule is Cc1cccc2cc3cc4cc5ccsc5cc4cc3cc12. The Bertz CT molecular complexity index is 1180. The quantitative estimate of drug-likeness (QED) is 0.280.